The van der Waals surface area contributed by atoms with E-state index in [1.54, 1.807) is 18.3 Å². The van der Waals surface area contributed by atoms with Crippen LogP contribution >= 0.6 is 11.8 Å². The van der Waals surface area contributed by atoms with E-state index >= 15 is 0 Å². The highest BCUT2D eigenvalue weighted by atomic mass is 32.2. The molecule has 0 radical (unpaired) electrons. The molecule has 5 heteroatoms. The van der Waals surface area contributed by atoms with Gasteiger partial charge in [-0.1, -0.05) is 54.2 Å². The second-order valence-electron chi connectivity index (χ2n) is 7.17. The highest BCUT2D eigenvalue weighted by Gasteiger charge is 2.14. The highest BCUT2D eigenvalue weighted by Crippen LogP contribution is 2.36. The second-order valence-corrected chi connectivity index (χ2v) is 8.26. The van der Waals surface area contributed by atoms with Crippen molar-refractivity contribution in [2.24, 2.45) is 0 Å². The van der Waals surface area contributed by atoms with E-state index < -0.39 is 0 Å². The molecule has 0 bridgehead atoms. The lowest BCUT2D eigenvalue weighted by Crippen LogP contribution is -1.96. The molecule has 31 heavy (non-hydrogen) atoms. The molecule has 0 aliphatic carbocycles. The maximum Gasteiger partial charge on any atom is 0.141 e. The van der Waals surface area contributed by atoms with Crippen LogP contribution in [0.1, 0.15) is 2.74 Å². The number of nitrogens with zero attached hydrogens (tertiary/aromatic N) is 3. The average Bonchev–Trinajstić information content (AvgIpc) is 3.15. The molecule has 0 unspecified atom stereocenters. The van der Waals surface area contributed by atoms with Crippen molar-refractivity contribution in [1.82, 2.24) is 14.5 Å². The van der Waals surface area contributed by atoms with Crippen LogP contribution in [0.15, 0.2) is 107 Å². The summed E-state index contributed by atoms with van der Waals surface area (Å²) in [4.78, 5) is 10.1. The SMILES string of the molecule is [2H]c1ccnc(-n2c3ccccc3c3ccc(Sc4ccc5cccc(O)c5n4)cc32)c1[2H]. The van der Waals surface area contributed by atoms with Crippen molar-refractivity contribution in [3.63, 3.8) is 0 Å². The molecule has 0 amide bonds. The van der Waals surface area contributed by atoms with Crippen LogP contribution in [0.3, 0.4) is 0 Å². The number of benzene rings is 3. The van der Waals surface area contributed by atoms with Gasteiger partial charge in [0.1, 0.15) is 22.1 Å². The first-order valence-electron chi connectivity index (χ1n) is 10.8. The summed E-state index contributed by atoms with van der Waals surface area (Å²) in [6.45, 7) is 0. The monoisotopic (exact) mass is 421 g/mol. The first-order chi connectivity index (χ1) is 16.1. The van der Waals surface area contributed by atoms with Gasteiger partial charge >= 0.3 is 0 Å². The van der Waals surface area contributed by atoms with Gasteiger partial charge in [0, 0.05) is 27.3 Å². The van der Waals surface area contributed by atoms with E-state index in [0.717, 1.165) is 37.1 Å². The minimum Gasteiger partial charge on any atom is -0.506 e. The molecule has 1 N–H and O–H groups in total. The summed E-state index contributed by atoms with van der Waals surface area (Å²) in [5.74, 6) is 0.597. The number of phenolic OH excluding ortho intramolecular Hbond substituents is 1. The van der Waals surface area contributed by atoms with E-state index in [1.165, 1.54) is 17.8 Å². The van der Waals surface area contributed by atoms with Gasteiger partial charge in [-0.25, -0.2) is 9.97 Å². The first kappa shape index (κ1) is 15.9. The van der Waals surface area contributed by atoms with Crippen molar-refractivity contribution in [3.8, 4) is 11.6 Å². The number of rotatable bonds is 3. The van der Waals surface area contributed by atoms with Gasteiger partial charge in [-0.2, -0.15) is 0 Å². The van der Waals surface area contributed by atoms with Crippen LogP contribution in [0.4, 0.5) is 0 Å². The Morgan fingerprint density at radius 1 is 0.871 bits per heavy atom. The third-order valence-corrected chi connectivity index (χ3v) is 6.22. The molecule has 148 valence electrons. The second kappa shape index (κ2) is 7.15. The smallest absolute Gasteiger partial charge is 0.141 e. The summed E-state index contributed by atoms with van der Waals surface area (Å²) in [6, 6.07) is 25.2. The van der Waals surface area contributed by atoms with E-state index in [1.807, 2.05) is 41.0 Å². The number of aromatic hydroxyl groups is 1. The van der Waals surface area contributed by atoms with Crippen molar-refractivity contribution < 1.29 is 7.85 Å². The Bertz CT molecular complexity index is 1700. The van der Waals surface area contributed by atoms with Crippen LogP contribution in [-0.4, -0.2) is 19.6 Å². The minimum atomic E-state index is 0.0879. The van der Waals surface area contributed by atoms with Gasteiger partial charge < -0.3 is 5.11 Å². The minimum absolute atomic E-state index is 0.0879. The topological polar surface area (TPSA) is 50.9 Å². The normalized spacial score (nSPS) is 12.4. The van der Waals surface area contributed by atoms with Crippen LogP contribution in [0.25, 0.3) is 38.5 Å². The highest BCUT2D eigenvalue weighted by molar-refractivity contribution is 7.99. The largest absolute Gasteiger partial charge is 0.506 e. The zero-order valence-corrected chi connectivity index (χ0v) is 17.1. The molecule has 0 saturated heterocycles. The van der Waals surface area contributed by atoms with Crippen LogP contribution in [0, 0.1) is 0 Å². The lowest BCUT2D eigenvalue weighted by atomic mass is 10.2. The molecule has 6 aromatic rings. The molecule has 0 aliphatic rings. The van der Waals surface area contributed by atoms with Crippen LogP contribution in [-0.2, 0) is 0 Å². The fraction of sp³-hybridized carbons (Fsp3) is 0. The number of phenols is 1. The average molecular weight is 422 g/mol. The predicted molar refractivity (Wildman–Crippen MR) is 126 cm³/mol. The zero-order chi connectivity index (χ0) is 22.5. The Balaban J connectivity index is 1.54. The first-order valence-corrected chi connectivity index (χ1v) is 10.6. The molecule has 3 aromatic carbocycles. The fourth-order valence-corrected chi connectivity index (χ4v) is 4.75. The number of fused-ring (bicyclic) bond motifs is 4. The predicted octanol–water partition coefficient (Wildman–Crippen LogP) is 6.58. The van der Waals surface area contributed by atoms with Crippen molar-refractivity contribution >= 4 is 44.5 Å². The summed E-state index contributed by atoms with van der Waals surface area (Å²) in [6.07, 6.45) is 1.57. The molecule has 3 aromatic heterocycles. The van der Waals surface area contributed by atoms with E-state index in [2.05, 4.69) is 34.2 Å². The molecular weight excluding hydrogens is 402 g/mol. The lowest BCUT2D eigenvalue weighted by molar-refractivity contribution is 0.480. The number of hydrogen-bond acceptors (Lipinski definition) is 4. The Labute approximate surface area is 185 Å². The summed E-state index contributed by atoms with van der Waals surface area (Å²) in [5.41, 5.74) is 2.43. The Hall–Kier alpha value is -3.83. The number of hydrogen-bond donors (Lipinski definition) is 1. The molecule has 0 aliphatic heterocycles. The Morgan fingerprint density at radius 2 is 1.77 bits per heavy atom. The van der Waals surface area contributed by atoms with Crippen molar-refractivity contribution in [3.05, 3.63) is 97.1 Å². The maximum absolute atomic E-state index is 10.2. The van der Waals surface area contributed by atoms with Gasteiger partial charge in [0.05, 0.1) is 13.8 Å². The summed E-state index contributed by atoms with van der Waals surface area (Å²) in [7, 11) is 0. The Morgan fingerprint density at radius 3 is 2.74 bits per heavy atom. The van der Waals surface area contributed by atoms with Gasteiger partial charge in [-0.05, 0) is 48.5 Å². The third-order valence-electron chi connectivity index (χ3n) is 5.29. The van der Waals surface area contributed by atoms with Crippen LogP contribution < -0.4 is 0 Å². The third kappa shape index (κ3) is 3.02. The summed E-state index contributed by atoms with van der Waals surface area (Å²) < 4.78 is 18.5. The van der Waals surface area contributed by atoms with Gasteiger partial charge in [-0.15, -0.1) is 0 Å². The summed E-state index contributed by atoms with van der Waals surface area (Å²) in [5, 5.41) is 14.0. The van der Waals surface area contributed by atoms with Crippen LogP contribution in [0.5, 0.6) is 5.75 Å². The number of aromatic nitrogens is 3. The molecule has 0 fully saturated rings. The Kier molecular flexibility index (Phi) is 3.67. The summed E-state index contributed by atoms with van der Waals surface area (Å²) >= 11 is 1.51. The lowest BCUT2D eigenvalue weighted by Gasteiger charge is -2.08. The standard InChI is InChI=1S/C26H17N3OS/c30-23-9-5-6-17-11-14-25(28-26(17)23)31-18-12-13-20-19-7-1-2-8-21(19)29(22(20)16-18)24-10-3-4-15-27-24/h1-16,30H/i3D,10D. The van der Waals surface area contributed by atoms with Crippen molar-refractivity contribution in [2.75, 3.05) is 0 Å². The molecule has 0 spiro atoms. The van der Waals surface area contributed by atoms with Gasteiger partial charge in [0.25, 0.3) is 0 Å². The fourth-order valence-electron chi connectivity index (χ4n) is 3.93. The van der Waals surface area contributed by atoms with Gasteiger partial charge in [-0.3, -0.25) is 4.57 Å². The van der Waals surface area contributed by atoms with Crippen molar-refractivity contribution in [1.29, 1.82) is 0 Å². The van der Waals surface area contributed by atoms with Gasteiger partial charge in [0.15, 0.2) is 0 Å². The number of para-hydroxylation sites is 2. The zero-order valence-electron chi connectivity index (χ0n) is 18.3. The molecule has 0 saturated carbocycles. The quantitative estimate of drug-likeness (QED) is 0.350. The van der Waals surface area contributed by atoms with E-state index in [4.69, 9.17) is 2.74 Å². The molecular formula is C26H17N3OS. The van der Waals surface area contributed by atoms with E-state index in [-0.39, 0.29) is 17.8 Å². The molecule has 6 rings (SSSR count). The molecule has 0 atom stereocenters. The maximum atomic E-state index is 10.2. The molecule has 3 heterocycles. The van der Waals surface area contributed by atoms with E-state index in [0.29, 0.717) is 11.3 Å². The van der Waals surface area contributed by atoms with Crippen LogP contribution in [0.2, 0.25) is 0 Å². The number of pyridine rings is 2. The van der Waals surface area contributed by atoms with Crippen molar-refractivity contribution in [2.45, 2.75) is 9.92 Å². The van der Waals surface area contributed by atoms with E-state index in [9.17, 15) is 5.11 Å². The van der Waals surface area contributed by atoms with Gasteiger partial charge in [0.2, 0.25) is 0 Å². The molecule has 4 nitrogen and oxygen atoms in total.